The first-order valence-electron chi connectivity index (χ1n) is 10.2. The summed E-state index contributed by atoms with van der Waals surface area (Å²) in [5.74, 6) is -0.113. The molecule has 0 saturated heterocycles. The third-order valence-electron chi connectivity index (χ3n) is 4.95. The van der Waals surface area contributed by atoms with E-state index >= 15 is 0 Å². The van der Waals surface area contributed by atoms with Gasteiger partial charge >= 0.3 is 11.9 Å². The Morgan fingerprint density at radius 3 is 2.43 bits per heavy atom. The molecule has 0 radical (unpaired) electrons. The number of nitro groups is 1. The van der Waals surface area contributed by atoms with Gasteiger partial charge in [0.2, 0.25) is 5.75 Å². The van der Waals surface area contributed by atoms with Crippen LogP contribution < -0.4 is 9.47 Å². The van der Waals surface area contributed by atoms with E-state index in [0.717, 1.165) is 6.07 Å². The molecular formula is C26H19F3N2O4. The second-order valence-corrected chi connectivity index (χ2v) is 7.28. The molecule has 0 amide bonds. The van der Waals surface area contributed by atoms with E-state index in [1.807, 2.05) is 6.07 Å². The second kappa shape index (κ2) is 10.6. The van der Waals surface area contributed by atoms with Gasteiger partial charge in [0.15, 0.2) is 11.5 Å². The number of rotatable bonds is 8. The first-order valence-corrected chi connectivity index (χ1v) is 10.2. The van der Waals surface area contributed by atoms with Crippen molar-refractivity contribution in [1.29, 1.82) is 5.26 Å². The van der Waals surface area contributed by atoms with Crippen molar-refractivity contribution in [2.45, 2.75) is 12.6 Å². The number of allylic oxidation sites excluding steroid dienone is 2. The van der Waals surface area contributed by atoms with E-state index < -0.39 is 22.4 Å². The van der Waals surface area contributed by atoms with Crippen molar-refractivity contribution in [3.63, 3.8) is 0 Å². The standard InChI is InChI=1S/C26H19F3N2O4/c1-3-7-19-12-17(13-20(16-30)18-8-5-4-6-9-18)14-24(34-2)25(19)35-23-11-10-21(26(27,28)29)15-22(23)31(32)33/h3-6,8-15H,1,7H2,2H3/b20-13+. The SMILES string of the molecule is C=CCc1cc(/C=C(\C#N)c2ccccc2)cc(OC)c1Oc1ccc(C(F)(F)F)cc1[N+](=O)[O-]. The smallest absolute Gasteiger partial charge is 0.416 e. The Morgan fingerprint density at radius 1 is 1.14 bits per heavy atom. The highest BCUT2D eigenvalue weighted by Crippen LogP contribution is 2.42. The van der Waals surface area contributed by atoms with Crippen molar-refractivity contribution in [2.24, 2.45) is 0 Å². The van der Waals surface area contributed by atoms with E-state index in [9.17, 15) is 28.5 Å². The summed E-state index contributed by atoms with van der Waals surface area (Å²) in [6, 6.07) is 16.5. The van der Waals surface area contributed by atoms with Crippen LogP contribution in [0.4, 0.5) is 18.9 Å². The number of nitriles is 1. The normalized spacial score (nSPS) is 11.5. The molecule has 6 nitrogen and oxygen atoms in total. The van der Waals surface area contributed by atoms with Crippen LogP contribution in [0.3, 0.4) is 0 Å². The lowest BCUT2D eigenvalue weighted by Crippen LogP contribution is -2.06. The largest absolute Gasteiger partial charge is 0.493 e. The van der Waals surface area contributed by atoms with Gasteiger partial charge in [-0.3, -0.25) is 10.1 Å². The summed E-state index contributed by atoms with van der Waals surface area (Å²) in [4.78, 5) is 10.5. The van der Waals surface area contributed by atoms with Crippen LogP contribution in [0.2, 0.25) is 0 Å². The minimum absolute atomic E-state index is 0.0885. The average molecular weight is 480 g/mol. The van der Waals surface area contributed by atoms with Crippen LogP contribution in [0.5, 0.6) is 17.2 Å². The summed E-state index contributed by atoms with van der Waals surface area (Å²) in [6.45, 7) is 3.70. The summed E-state index contributed by atoms with van der Waals surface area (Å²) in [5, 5.41) is 21.1. The lowest BCUT2D eigenvalue weighted by Gasteiger charge is -2.16. The number of hydrogen-bond donors (Lipinski definition) is 0. The number of alkyl halides is 3. The highest BCUT2D eigenvalue weighted by molar-refractivity contribution is 5.90. The van der Waals surface area contributed by atoms with Crippen molar-refractivity contribution in [2.75, 3.05) is 7.11 Å². The Balaban J connectivity index is 2.12. The Morgan fingerprint density at radius 2 is 1.86 bits per heavy atom. The van der Waals surface area contributed by atoms with Crippen LogP contribution in [0.25, 0.3) is 11.6 Å². The number of methoxy groups -OCH3 is 1. The zero-order valence-corrected chi connectivity index (χ0v) is 18.5. The highest BCUT2D eigenvalue weighted by Gasteiger charge is 2.33. The molecule has 3 rings (SSSR count). The van der Waals surface area contributed by atoms with Gasteiger partial charge in [-0.1, -0.05) is 36.4 Å². The van der Waals surface area contributed by atoms with Crippen LogP contribution in [0.1, 0.15) is 22.3 Å². The molecule has 0 spiro atoms. The minimum Gasteiger partial charge on any atom is -0.493 e. The Hall–Kier alpha value is -4.58. The van der Waals surface area contributed by atoms with Crippen LogP contribution in [0, 0.1) is 21.4 Å². The molecule has 0 fully saturated rings. The summed E-state index contributed by atoms with van der Waals surface area (Å²) in [7, 11) is 1.36. The van der Waals surface area contributed by atoms with E-state index in [2.05, 4.69) is 12.6 Å². The zero-order valence-electron chi connectivity index (χ0n) is 18.5. The molecule has 0 N–H and O–H groups in total. The molecular weight excluding hydrogens is 461 g/mol. The molecule has 0 aliphatic rings. The lowest BCUT2D eigenvalue weighted by molar-refractivity contribution is -0.385. The fraction of sp³-hybridized carbons (Fsp3) is 0.115. The van der Waals surface area contributed by atoms with Gasteiger partial charge in [-0.05, 0) is 47.9 Å². The van der Waals surface area contributed by atoms with Gasteiger partial charge in [-0.25, -0.2) is 0 Å². The van der Waals surface area contributed by atoms with E-state index in [0.29, 0.717) is 34.4 Å². The number of nitrogens with zero attached hydrogens (tertiary/aromatic N) is 2. The Bertz CT molecular complexity index is 1330. The number of benzene rings is 3. The second-order valence-electron chi connectivity index (χ2n) is 7.28. The monoisotopic (exact) mass is 480 g/mol. The predicted molar refractivity (Wildman–Crippen MR) is 125 cm³/mol. The summed E-state index contributed by atoms with van der Waals surface area (Å²) < 4.78 is 50.3. The third kappa shape index (κ3) is 5.86. The molecule has 0 bridgehead atoms. The van der Waals surface area contributed by atoms with Crippen LogP contribution in [-0.4, -0.2) is 12.0 Å². The maximum atomic E-state index is 13.1. The number of hydrogen-bond acceptors (Lipinski definition) is 5. The highest BCUT2D eigenvalue weighted by atomic mass is 19.4. The van der Waals surface area contributed by atoms with E-state index in [-0.39, 0.29) is 23.7 Å². The van der Waals surface area contributed by atoms with Crippen molar-refractivity contribution in [1.82, 2.24) is 0 Å². The first kappa shape index (κ1) is 25.1. The van der Waals surface area contributed by atoms with Crippen LogP contribution >= 0.6 is 0 Å². The Kier molecular flexibility index (Phi) is 7.56. The fourth-order valence-corrected chi connectivity index (χ4v) is 3.34. The van der Waals surface area contributed by atoms with Gasteiger partial charge in [-0.15, -0.1) is 6.58 Å². The summed E-state index contributed by atoms with van der Waals surface area (Å²) in [5.41, 5.74) is 0.189. The van der Waals surface area contributed by atoms with Gasteiger partial charge < -0.3 is 9.47 Å². The molecule has 0 aliphatic carbocycles. The van der Waals surface area contributed by atoms with E-state index in [1.165, 1.54) is 7.11 Å². The Labute approximate surface area is 199 Å². The summed E-state index contributed by atoms with van der Waals surface area (Å²) >= 11 is 0. The van der Waals surface area contributed by atoms with Crippen molar-refractivity contribution in [3.8, 4) is 23.3 Å². The number of nitro benzene ring substituents is 1. The maximum absolute atomic E-state index is 13.1. The van der Waals surface area contributed by atoms with E-state index in [1.54, 1.807) is 48.6 Å². The van der Waals surface area contributed by atoms with Crippen molar-refractivity contribution >= 4 is 17.3 Å². The lowest BCUT2D eigenvalue weighted by atomic mass is 10.0. The van der Waals surface area contributed by atoms with Crippen LogP contribution in [0.15, 0.2) is 73.3 Å². The molecule has 0 heterocycles. The zero-order chi connectivity index (χ0) is 25.6. The quantitative estimate of drug-likeness (QED) is 0.112. The molecule has 0 unspecified atom stereocenters. The first-order chi connectivity index (χ1) is 16.7. The van der Waals surface area contributed by atoms with Gasteiger partial charge in [-0.2, -0.15) is 18.4 Å². The minimum atomic E-state index is -4.75. The van der Waals surface area contributed by atoms with E-state index in [4.69, 9.17) is 9.47 Å². The van der Waals surface area contributed by atoms with Gasteiger partial charge in [0.1, 0.15) is 0 Å². The molecule has 3 aromatic rings. The topological polar surface area (TPSA) is 85.4 Å². The molecule has 178 valence electrons. The number of halogens is 3. The molecule has 35 heavy (non-hydrogen) atoms. The molecule has 3 aromatic carbocycles. The molecule has 0 aliphatic heterocycles. The molecule has 0 atom stereocenters. The van der Waals surface area contributed by atoms with Gasteiger partial charge in [0, 0.05) is 11.6 Å². The summed E-state index contributed by atoms with van der Waals surface area (Å²) in [6.07, 6.45) is -1.28. The number of ether oxygens (including phenoxy) is 2. The van der Waals surface area contributed by atoms with Crippen molar-refractivity contribution in [3.05, 3.63) is 106 Å². The molecule has 9 heteroatoms. The van der Waals surface area contributed by atoms with Crippen LogP contribution in [-0.2, 0) is 12.6 Å². The molecule has 0 saturated carbocycles. The third-order valence-corrected chi connectivity index (χ3v) is 4.95. The fourth-order valence-electron chi connectivity index (χ4n) is 3.34. The van der Waals surface area contributed by atoms with Gasteiger partial charge in [0.25, 0.3) is 0 Å². The average Bonchev–Trinajstić information content (AvgIpc) is 2.83. The molecule has 0 aromatic heterocycles. The maximum Gasteiger partial charge on any atom is 0.416 e. The van der Waals surface area contributed by atoms with Crippen molar-refractivity contribution < 1.29 is 27.6 Å². The predicted octanol–water partition coefficient (Wildman–Crippen LogP) is 7.21. The van der Waals surface area contributed by atoms with Gasteiger partial charge in [0.05, 0.1) is 29.2 Å².